The van der Waals surface area contributed by atoms with Gasteiger partial charge in [0.05, 0.1) is 12.3 Å². The van der Waals surface area contributed by atoms with Crippen LogP contribution < -0.4 is 0 Å². The van der Waals surface area contributed by atoms with Crippen molar-refractivity contribution in [1.29, 1.82) is 0 Å². The van der Waals surface area contributed by atoms with E-state index in [4.69, 9.17) is 9.52 Å². The Kier molecular flexibility index (Phi) is 6.29. The second kappa shape index (κ2) is 7.48. The maximum absolute atomic E-state index is 11.9. The Labute approximate surface area is 112 Å². The first-order valence-electron chi connectivity index (χ1n) is 6.04. The van der Waals surface area contributed by atoms with Crippen molar-refractivity contribution in [2.75, 3.05) is 19.4 Å². The summed E-state index contributed by atoms with van der Waals surface area (Å²) in [7, 11) is 1.78. The molecule has 4 nitrogen and oxygen atoms in total. The molecule has 18 heavy (non-hydrogen) atoms. The highest BCUT2D eigenvalue weighted by Gasteiger charge is 2.13. The van der Waals surface area contributed by atoms with Crippen molar-refractivity contribution in [2.24, 2.45) is 0 Å². The Morgan fingerprint density at radius 1 is 1.56 bits per heavy atom. The minimum Gasteiger partial charge on any atom is -0.464 e. The van der Waals surface area contributed by atoms with Crippen LogP contribution in [0.4, 0.5) is 0 Å². The van der Waals surface area contributed by atoms with Crippen LogP contribution in [0, 0.1) is 6.92 Å². The predicted octanol–water partition coefficient (Wildman–Crippen LogP) is 2.05. The second-order valence-corrected chi connectivity index (χ2v) is 5.82. The molecule has 1 unspecified atom stereocenters. The molecule has 1 aromatic rings. The first kappa shape index (κ1) is 15.1. The zero-order valence-electron chi connectivity index (χ0n) is 11.2. The highest BCUT2D eigenvalue weighted by Crippen LogP contribution is 2.15. The third kappa shape index (κ3) is 5.14. The largest absolute Gasteiger partial charge is 0.464 e. The van der Waals surface area contributed by atoms with Gasteiger partial charge in [-0.15, -0.1) is 11.8 Å². The Hall–Kier alpha value is -0.940. The van der Waals surface area contributed by atoms with Crippen LogP contribution in [0.1, 0.15) is 24.9 Å². The highest BCUT2D eigenvalue weighted by molar-refractivity contribution is 8.00. The molecule has 0 saturated carbocycles. The molecule has 0 fully saturated rings. The fourth-order valence-electron chi connectivity index (χ4n) is 1.48. The van der Waals surface area contributed by atoms with Gasteiger partial charge in [-0.2, -0.15) is 0 Å². The number of carbonyl (C=O) groups excluding carboxylic acids is 1. The van der Waals surface area contributed by atoms with Gasteiger partial charge in [0.15, 0.2) is 0 Å². The molecule has 1 atom stereocenters. The summed E-state index contributed by atoms with van der Waals surface area (Å²) in [6, 6.07) is 3.78. The number of thioether (sulfide) groups is 1. The first-order chi connectivity index (χ1) is 8.52. The van der Waals surface area contributed by atoms with E-state index in [0.29, 0.717) is 17.5 Å². The zero-order valence-corrected chi connectivity index (χ0v) is 12.0. The fraction of sp³-hybridized carbons (Fsp3) is 0.615. The topological polar surface area (TPSA) is 53.7 Å². The summed E-state index contributed by atoms with van der Waals surface area (Å²) in [5, 5.41) is 9.09. The van der Waals surface area contributed by atoms with Crippen LogP contribution in [-0.2, 0) is 11.3 Å². The van der Waals surface area contributed by atoms with Crippen molar-refractivity contribution in [3.05, 3.63) is 23.7 Å². The number of rotatable bonds is 7. The second-order valence-electron chi connectivity index (χ2n) is 4.40. The number of hydrogen-bond acceptors (Lipinski definition) is 4. The van der Waals surface area contributed by atoms with Crippen LogP contribution in [0.25, 0.3) is 0 Å². The van der Waals surface area contributed by atoms with Crippen LogP contribution in [0.15, 0.2) is 16.5 Å². The standard InChI is InChI=1S/C13H21NO3S/c1-10-4-5-12(17-10)8-14(3)13(16)9-18-11(2)6-7-15/h4-5,11,15H,6-9H2,1-3H3. The molecule has 0 radical (unpaired) electrons. The predicted molar refractivity (Wildman–Crippen MR) is 73.5 cm³/mol. The van der Waals surface area contributed by atoms with Crippen molar-refractivity contribution in [1.82, 2.24) is 4.90 Å². The molecule has 0 aromatic carbocycles. The molecule has 1 rings (SSSR count). The number of hydrogen-bond donors (Lipinski definition) is 1. The maximum atomic E-state index is 11.9. The molecule has 0 aliphatic rings. The van der Waals surface area contributed by atoms with Crippen LogP contribution >= 0.6 is 11.8 Å². The quantitative estimate of drug-likeness (QED) is 0.824. The van der Waals surface area contributed by atoms with E-state index < -0.39 is 0 Å². The summed E-state index contributed by atoms with van der Waals surface area (Å²) in [5.41, 5.74) is 0. The Balaban J connectivity index is 2.33. The van der Waals surface area contributed by atoms with E-state index in [9.17, 15) is 4.79 Å². The third-order valence-electron chi connectivity index (χ3n) is 2.64. The van der Waals surface area contributed by atoms with Gasteiger partial charge in [-0.05, 0) is 25.5 Å². The van der Waals surface area contributed by atoms with E-state index in [1.165, 1.54) is 0 Å². The van der Waals surface area contributed by atoms with Gasteiger partial charge in [-0.1, -0.05) is 6.92 Å². The molecule has 0 saturated heterocycles. The molecule has 1 heterocycles. The van der Waals surface area contributed by atoms with Gasteiger partial charge < -0.3 is 14.4 Å². The summed E-state index contributed by atoms with van der Waals surface area (Å²) in [4.78, 5) is 13.5. The van der Waals surface area contributed by atoms with Gasteiger partial charge in [-0.3, -0.25) is 4.79 Å². The number of aryl methyl sites for hydroxylation is 1. The van der Waals surface area contributed by atoms with E-state index in [-0.39, 0.29) is 12.5 Å². The number of amides is 1. The molecule has 0 spiro atoms. The number of aliphatic hydroxyl groups excluding tert-OH is 1. The van der Waals surface area contributed by atoms with Crippen LogP contribution in [0.5, 0.6) is 0 Å². The molecule has 1 amide bonds. The summed E-state index contributed by atoms with van der Waals surface area (Å²) in [6.07, 6.45) is 0.721. The van der Waals surface area contributed by atoms with Gasteiger partial charge in [0, 0.05) is 18.9 Å². The van der Waals surface area contributed by atoms with Gasteiger partial charge in [0.25, 0.3) is 0 Å². The third-order valence-corrected chi connectivity index (χ3v) is 3.86. The molecule has 1 aromatic heterocycles. The van der Waals surface area contributed by atoms with Crippen LogP contribution in [0.3, 0.4) is 0 Å². The van der Waals surface area contributed by atoms with Gasteiger partial charge >= 0.3 is 0 Å². The molecular formula is C13H21NO3S. The molecule has 5 heteroatoms. The highest BCUT2D eigenvalue weighted by atomic mass is 32.2. The SMILES string of the molecule is Cc1ccc(CN(C)C(=O)CSC(C)CCO)o1. The van der Waals surface area contributed by atoms with Gasteiger partial charge in [0.2, 0.25) is 5.91 Å². The van der Waals surface area contributed by atoms with Crippen molar-refractivity contribution >= 4 is 17.7 Å². The molecular weight excluding hydrogens is 250 g/mol. The number of nitrogens with zero attached hydrogens (tertiary/aromatic N) is 1. The number of furan rings is 1. The Morgan fingerprint density at radius 2 is 2.28 bits per heavy atom. The lowest BCUT2D eigenvalue weighted by molar-refractivity contribution is -0.127. The number of carbonyl (C=O) groups is 1. The summed E-state index contributed by atoms with van der Waals surface area (Å²) in [5.74, 6) is 2.18. The molecule has 102 valence electrons. The van der Waals surface area contributed by atoms with Gasteiger partial charge in [-0.25, -0.2) is 0 Å². The van der Waals surface area contributed by atoms with Crippen LogP contribution in [0.2, 0.25) is 0 Å². The van der Waals surface area contributed by atoms with E-state index in [1.807, 2.05) is 26.0 Å². The first-order valence-corrected chi connectivity index (χ1v) is 7.09. The van der Waals surface area contributed by atoms with E-state index >= 15 is 0 Å². The van der Waals surface area contributed by atoms with E-state index in [0.717, 1.165) is 17.9 Å². The monoisotopic (exact) mass is 271 g/mol. The Bertz CT molecular complexity index is 378. The minimum absolute atomic E-state index is 0.0823. The lowest BCUT2D eigenvalue weighted by Crippen LogP contribution is -2.28. The number of aliphatic hydroxyl groups is 1. The summed E-state index contributed by atoms with van der Waals surface area (Å²) in [6.45, 7) is 4.58. The molecule has 1 N–H and O–H groups in total. The lowest BCUT2D eigenvalue weighted by Gasteiger charge is -2.17. The van der Waals surface area contributed by atoms with Crippen molar-refractivity contribution < 1.29 is 14.3 Å². The smallest absolute Gasteiger partial charge is 0.232 e. The van der Waals surface area contributed by atoms with E-state index in [2.05, 4.69) is 0 Å². The van der Waals surface area contributed by atoms with E-state index in [1.54, 1.807) is 23.7 Å². The summed E-state index contributed by atoms with van der Waals surface area (Å²) < 4.78 is 5.43. The van der Waals surface area contributed by atoms with Crippen molar-refractivity contribution in [2.45, 2.75) is 32.1 Å². The summed E-state index contributed by atoms with van der Waals surface area (Å²) >= 11 is 1.57. The average molecular weight is 271 g/mol. The maximum Gasteiger partial charge on any atom is 0.232 e. The average Bonchev–Trinajstić information content (AvgIpc) is 2.72. The lowest BCUT2D eigenvalue weighted by atomic mass is 10.3. The normalized spacial score (nSPS) is 12.4. The fourth-order valence-corrected chi connectivity index (χ4v) is 2.40. The minimum atomic E-state index is 0.0823. The van der Waals surface area contributed by atoms with Crippen molar-refractivity contribution in [3.8, 4) is 0 Å². The van der Waals surface area contributed by atoms with Crippen LogP contribution in [-0.4, -0.2) is 40.6 Å². The zero-order chi connectivity index (χ0) is 13.5. The van der Waals surface area contributed by atoms with Gasteiger partial charge in [0.1, 0.15) is 11.5 Å². The molecule has 0 aliphatic heterocycles. The Morgan fingerprint density at radius 3 is 2.83 bits per heavy atom. The van der Waals surface area contributed by atoms with Crippen molar-refractivity contribution in [3.63, 3.8) is 0 Å². The molecule has 0 aliphatic carbocycles. The molecule has 0 bridgehead atoms.